The van der Waals surface area contributed by atoms with Crippen molar-refractivity contribution in [2.75, 3.05) is 25.1 Å². The van der Waals surface area contributed by atoms with Crippen LogP contribution in [0.1, 0.15) is 22.3 Å². The lowest BCUT2D eigenvalue weighted by Gasteiger charge is -2.25. The van der Waals surface area contributed by atoms with Crippen LogP contribution in [0.5, 0.6) is 11.5 Å². The van der Waals surface area contributed by atoms with E-state index in [2.05, 4.69) is 5.32 Å². The molecular formula is C26H30N2O5S. The molecule has 0 atom stereocenters. The van der Waals surface area contributed by atoms with E-state index in [0.29, 0.717) is 17.2 Å². The summed E-state index contributed by atoms with van der Waals surface area (Å²) < 4.78 is 38.8. The minimum Gasteiger partial charge on any atom is -0.493 e. The van der Waals surface area contributed by atoms with Crippen LogP contribution in [0.3, 0.4) is 0 Å². The first kappa shape index (κ1) is 25.1. The molecule has 0 fully saturated rings. The molecule has 0 aromatic heterocycles. The number of hydrogen-bond donors (Lipinski definition) is 1. The van der Waals surface area contributed by atoms with Gasteiger partial charge in [-0.25, -0.2) is 8.42 Å². The molecule has 0 aliphatic rings. The zero-order valence-electron chi connectivity index (χ0n) is 20.1. The quantitative estimate of drug-likeness (QED) is 0.496. The van der Waals surface area contributed by atoms with Gasteiger partial charge in [0.15, 0.2) is 11.5 Å². The number of carbonyl (C=O) groups is 1. The number of ether oxygens (including phenoxy) is 2. The Morgan fingerprint density at radius 1 is 0.824 bits per heavy atom. The Balaban J connectivity index is 1.87. The number of anilines is 1. The van der Waals surface area contributed by atoms with Crippen molar-refractivity contribution in [2.24, 2.45) is 0 Å². The molecule has 0 heterocycles. The number of aryl methyl sites for hydroxylation is 3. The molecule has 0 saturated carbocycles. The fraction of sp³-hybridized carbons (Fsp3) is 0.269. The van der Waals surface area contributed by atoms with Crippen LogP contribution in [-0.4, -0.2) is 35.1 Å². The molecule has 0 bridgehead atoms. The van der Waals surface area contributed by atoms with Gasteiger partial charge in [-0.2, -0.15) is 0 Å². The molecule has 0 aliphatic carbocycles. The highest BCUT2D eigenvalue weighted by Crippen LogP contribution is 2.28. The molecule has 180 valence electrons. The molecular weight excluding hydrogens is 452 g/mol. The summed E-state index contributed by atoms with van der Waals surface area (Å²) in [5.74, 6) is 0.709. The summed E-state index contributed by atoms with van der Waals surface area (Å²) in [6.45, 7) is 5.53. The summed E-state index contributed by atoms with van der Waals surface area (Å²) in [6, 6.07) is 17.4. The number of hydrogen-bond acceptors (Lipinski definition) is 5. The number of amides is 1. The van der Waals surface area contributed by atoms with Gasteiger partial charge in [0.05, 0.1) is 24.8 Å². The summed E-state index contributed by atoms with van der Waals surface area (Å²) >= 11 is 0. The molecule has 0 unspecified atom stereocenters. The van der Waals surface area contributed by atoms with E-state index >= 15 is 0 Å². The Kier molecular flexibility index (Phi) is 7.83. The predicted molar refractivity (Wildman–Crippen MR) is 133 cm³/mol. The Morgan fingerprint density at radius 2 is 1.44 bits per heavy atom. The van der Waals surface area contributed by atoms with Gasteiger partial charge in [-0.05, 0) is 73.9 Å². The molecule has 3 rings (SSSR count). The van der Waals surface area contributed by atoms with Crippen LogP contribution in [0.25, 0.3) is 0 Å². The minimum absolute atomic E-state index is 0.130. The molecule has 0 spiro atoms. The van der Waals surface area contributed by atoms with Gasteiger partial charge in [0, 0.05) is 6.54 Å². The first-order valence-corrected chi connectivity index (χ1v) is 12.2. The standard InChI is InChI=1S/C26H30N2O5S/c1-18-6-9-23(10-7-18)34(30,31)28(22-13-19(2)12-20(3)14-22)17-26(29)27-16-21-8-11-24(32-4)25(15-21)33-5/h6-15H,16-17H2,1-5H3,(H,27,29). The van der Waals surface area contributed by atoms with Crippen LogP contribution in [-0.2, 0) is 21.4 Å². The van der Waals surface area contributed by atoms with Crippen molar-refractivity contribution in [1.29, 1.82) is 0 Å². The van der Waals surface area contributed by atoms with E-state index in [1.54, 1.807) is 55.6 Å². The van der Waals surface area contributed by atoms with Crippen molar-refractivity contribution >= 4 is 21.6 Å². The lowest BCUT2D eigenvalue weighted by molar-refractivity contribution is -0.119. The van der Waals surface area contributed by atoms with Gasteiger partial charge in [-0.3, -0.25) is 9.10 Å². The first-order valence-electron chi connectivity index (χ1n) is 10.8. The highest BCUT2D eigenvalue weighted by molar-refractivity contribution is 7.92. The van der Waals surface area contributed by atoms with E-state index in [1.807, 2.05) is 32.9 Å². The van der Waals surface area contributed by atoms with E-state index in [4.69, 9.17) is 9.47 Å². The van der Waals surface area contributed by atoms with Gasteiger partial charge < -0.3 is 14.8 Å². The van der Waals surface area contributed by atoms with E-state index in [9.17, 15) is 13.2 Å². The highest BCUT2D eigenvalue weighted by atomic mass is 32.2. The fourth-order valence-electron chi connectivity index (χ4n) is 3.62. The monoisotopic (exact) mass is 482 g/mol. The Bertz CT molecular complexity index is 1250. The predicted octanol–water partition coefficient (Wildman–Crippen LogP) is 4.14. The van der Waals surface area contributed by atoms with Crippen molar-refractivity contribution in [2.45, 2.75) is 32.2 Å². The van der Waals surface area contributed by atoms with Gasteiger partial charge >= 0.3 is 0 Å². The summed E-state index contributed by atoms with van der Waals surface area (Å²) in [5, 5.41) is 2.81. The average molecular weight is 483 g/mol. The molecule has 3 aromatic carbocycles. The van der Waals surface area contributed by atoms with E-state index < -0.39 is 15.9 Å². The van der Waals surface area contributed by atoms with Crippen LogP contribution >= 0.6 is 0 Å². The van der Waals surface area contributed by atoms with Crippen LogP contribution in [0.2, 0.25) is 0 Å². The number of carbonyl (C=O) groups excluding carboxylic acids is 1. The zero-order valence-corrected chi connectivity index (χ0v) is 20.9. The number of sulfonamides is 1. The molecule has 8 heteroatoms. The van der Waals surface area contributed by atoms with Crippen molar-refractivity contribution < 1.29 is 22.7 Å². The maximum absolute atomic E-state index is 13.5. The second-order valence-electron chi connectivity index (χ2n) is 8.14. The van der Waals surface area contributed by atoms with E-state index in [1.165, 1.54) is 7.11 Å². The largest absolute Gasteiger partial charge is 0.493 e. The first-order chi connectivity index (χ1) is 16.1. The summed E-state index contributed by atoms with van der Waals surface area (Å²) in [7, 11) is -0.876. The SMILES string of the molecule is COc1ccc(CNC(=O)CN(c2cc(C)cc(C)c2)S(=O)(=O)c2ccc(C)cc2)cc1OC. The van der Waals surface area contributed by atoms with Crippen molar-refractivity contribution in [3.8, 4) is 11.5 Å². The summed E-state index contributed by atoms with van der Waals surface area (Å²) in [6.07, 6.45) is 0. The maximum Gasteiger partial charge on any atom is 0.264 e. The number of benzene rings is 3. The van der Waals surface area contributed by atoms with Crippen molar-refractivity contribution in [1.82, 2.24) is 5.32 Å². The summed E-state index contributed by atoms with van der Waals surface area (Å²) in [4.78, 5) is 13.0. The maximum atomic E-state index is 13.5. The van der Waals surface area contributed by atoms with E-state index in [0.717, 1.165) is 26.6 Å². The van der Waals surface area contributed by atoms with Crippen LogP contribution in [0.15, 0.2) is 65.6 Å². The van der Waals surface area contributed by atoms with Gasteiger partial charge in [0.1, 0.15) is 6.54 Å². The average Bonchev–Trinajstić information content (AvgIpc) is 2.80. The van der Waals surface area contributed by atoms with Crippen LogP contribution in [0.4, 0.5) is 5.69 Å². The summed E-state index contributed by atoms with van der Waals surface area (Å²) in [5.41, 5.74) is 4.00. The highest BCUT2D eigenvalue weighted by Gasteiger charge is 2.27. The minimum atomic E-state index is -3.97. The molecule has 0 saturated heterocycles. The number of nitrogens with one attached hydrogen (secondary N) is 1. The Hall–Kier alpha value is -3.52. The van der Waals surface area contributed by atoms with Crippen LogP contribution in [0, 0.1) is 20.8 Å². The third-order valence-electron chi connectivity index (χ3n) is 5.33. The van der Waals surface area contributed by atoms with Gasteiger partial charge in [-0.1, -0.05) is 29.8 Å². The van der Waals surface area contributed by atoms with Gasteiger partial charge in [0.25, 0.3) is 10.0 Å². The second-order valence-corrected chi connectivity index (χ2v) is 10.00. The zero-order chi connectivity index (χ0) is 24.9. The van der Waals surface area contributed by atoms with E-state index in [-0.39, 0.29) is 18.0 Å². The molecule has 0 aliphatic heterocycles. The number of rotatable bonds is 9. The number of methoxy groups -OCH3 is 2. The molecule has 1 amide bonds. The third-order valence-corrected chi connectivity index (χ3v) is 7.12. The Morgan fingerprint density at radius 3 is 2.03 bits per heavy atom. The topological polar surface area (TPSA) is 84.9 Å². The van der Waals surface area contributed by atoms with Crippen molar-refractivity contribution in [3.63, 3.8) is 0 Å². The molecule has 3 aromatic rings. The molecule has 7 nitrogen and oxygen atoms in total. The molecule has 0 radical (unpaired) electrons. The lowest BCUT2D eigenvalue weighted by atomic mass is 10.1. The van der Waals surface area contributed by atoms with Gasteiger partial charge in [-0.15, -0.1) is 0 Å². The van der Waals surface area contributed by atoms with Crippen LogP contribution < -0.4 is 19.1 Å². The Labute approximate surface area is 201 Å². The second kappa shape index (κ2) is 10.6. The van der Waals surface area contributed by atoms with Crippen molar-refractivity contribution in [3.05, 3.63) is 82.9 Å². The lowest BCUT2D eigenvalue weighted by Crippen LogP contribution is -2.40. The molecule has 1 N–H and O–H groups in total. The number of nitrogens with zero attached hydrogens (tertiary/aromatic N) is 1. The molecule has 34 heavy (non-hydrogen) atoms. The van der Waals surface area contributed by atoms with Gasteiger partial charge in [0.2, 0.25) is 5.91 Å². The fourth-order valence-corrected chi connectivity index (χ4v) is 5.03. The normalized spacial score (nSPS) is 11.1. The third kappa shape index (κ3) is 5.88. The smallest absolute Gasteiger partial charge is 0.264 e.